The second-order valence-corrected chi connectivity index (χ2v) is 7.17. The number of nitrogens with zero attached hydrogens (tertiary/aromatic N) is 3. The lowest BCUT2D eigenvalue weighted by Crippen LogP contribution is -2.44. The molecule has 0 aromatic carbocycles. The van der Waals surface area contributed by atoms with Crippen LogP contribution in [-0.2, 0) is 11.3 Å². The van der Waals surface area contributed by atoms with Crippen molar-refractivity contribution in [3.63, 3.8) is 0 Å². The molecule has 2 aliphatic rings. The smallest absolute Gasteiger partial charge is 0.240 e. The zero-order chi connectivity index (χ0) is 16.8. The van der Waals surface area contributed by atoms with Crippen molar-refractivity contribution in [1.82, 2.24) is 20.4 Å². The van der Waals surface area contributed by atoms with Crippen LogP contribution in [0, 0.1) is 0 Å². The monoisotopic (exact) mass is 334 g/mol. The van der Waals surface area contributed by atoms with E-state index in [9.17, 15) is 4.79 Å². The summed E-state index contributed by atoms with van der Waals surface area (Å²) in [6.45, 7) is 4.40. The quantitative estimate of drug-likeness (QED) is 0.866. The number of nitrogens with one attached hydrogen (secondary N) is 1. The lowest BCUT2D eigenvalue weighted by molar-refractivity contribution is -0.132. The standard InChI is InChI=1S/C18H30N4O2/c1-2-6-17(23)22-11-9-15(10-12-22)19-13-16-20-18(21-24-16)14-7-4-3-5-8-14/h14-15,19H,2-13H2,1H3. The number of carbonyl (C=O) groups is 1. The molecule has 1 aromatic rings. The Morgan fingerprint density at radius 2 is 1.96 bits per heavy atom. The van der Waals surface area contributed by atoms with Crippen molar-refractivity contribution in [2.75, 3.05) is 13.1 Å². The molecule has 0 unspecified atom stereocenters. The van der Waals surface area contributed by atoms with Gasteiger partial charge >= 0.3 is 0 Å². The van der Waals surface area contributed by atoms with E-state index < -0.39 is 0 Å². The van der Waals surface area contributed by atoms with Gasteiger partial charge in [-0.15, -0.1) is 0 Å². The van der Waals surface area contributed by atoms with Crippen LogP contribution in [0.15, 0.2) is 4.52 Å². The summed E-state index contributed by atoms with van der Waals surface area (Å²) in [6, 6.07) is 0.431. The largest absolute Gasteiger partial charge is 0.343 e. The molecule has 1 aliphatic carbocycles. The van der Waals surface area contributed by atoms with Crippen LogP contribution in [0.4, 0.5) is 0 Å². The number of carbonyl (C=O) groups excluding carboxylic acids is 1. The Morgan fingerprint density at radius 3 is 2.67 bits per heavy atom. The molecule has 0 radical (unpaired) electrons. The summed E-state index contributed by atoms with van der Waals surface area (Å²) in [4.78, 5) is 18.5. The second-order valence-electron chi connectivity index (χ2n) is 7.17. The van der Waals surface area contributed by atoms with Crippen LogP contribution in [0.1, 0.15) is 82.3 Å². The molecule has 134 valence electrons. The SMILES string of the molecule is CCCC(=O)N1CCC(NCc2nc(C3CCCCC3)no2)CC1. The first-order chi connectivity index (χ1) is 11.8. The molecule has 2 heterocycles. The summed E-state index contributed by atoms with van der Waals surface area (Å²) >= 11 is 0. The predicted octanol–water partition coefficient (Wildman–Crippen LogP) is 3.00. The molecule has 0 atom stereocenters. The number of aromatic nitrogens is 2. The van der Waals surface area contributed by atoms with Gasteiger partial charge in [-0.25, -0.2) is 0 Å². The van der Waals surface area contributed by atoms with Crippen LogP contribution in [0.25, 0.3) is 0 Å². The molecule has 1 aliphatic heterocycles. The van der Waals surface area contributed by atoms with E-state index in [2.05, 4.69) is 22.4 Å². The summed E-state index contributed by atoms with van der Waals surface area (Å²) in [5.41, 5.74) is 0. The number of hydrogen-bond acceptors (Lipinski definition) is 5. The van der Waals surface area contributed by atoms with Crippen molar-refractivity contribution in [2.24, 2.45) is 0 Å². The molecular formula is C18H30N4O2. The third-order valence-corrected chi connectivity index (χ3v) is 5.31. The van der Waals surface area contributed by atoms with Gasteiger partial charge in [-0.05, 0) is 32.1 Å². The van der Waals surface area contributed by atoms with Crippen molar-refractivity contribution >= 4 is 5.91 Å². The van der Waals surface area contributed by atoms with Crippen LogP contribution in [0.2, 0.25) is 0 Å². The van der Waals surface area contributed by atoms with Crippen LogP contribution >= 0.6 is 0 Å². The minimum atomic E-state index is 0.296. The molecule has 6 nitrogen and oxygen atoms in total. The summed E-state index contributed by atoms with van der Waals surface area (Å²) in [6.07, 6.45) is 9.87. The van der Waals surface area contributed by atoms with Crippen LogP contribution in [-0.4, -0.2) is 40.1 Å². The van der Waals surface area contributed by atoms with Gasteiger partial charge in [0.2, 0.25) is 11.8 Å². The van der Waals surface area contributed by atoms with Gasteiger partial charge in [-0.2, -0.15) is 4.98 Å². The molecule has 24 heavy (non-hydrogen) atoms. The van der Waals surface area contributed by atoms with Crippen LogP contribution in [0.5, 0.6) is 0 Å². The fourth-order valence-corrected chi connectivity index (χ4v) is 3.80. The average molecular weight is 334 g/mol. The van der Waals surface area contributed by atoms with Crippen LogP contribution < -0.4 is 5.32 Å². The van der Waals surface area contributed by atoms with Crippen LogP contribution in [0.3, 0.4) is 0 Å². The number of amides is 1. The lowest BCUT2D eigenvalue weighted by Gasteiger charge is -2.32. The molecule has 3 rings (SSSR count). The Morgan fingerprint density at radius 1 is 1.21 bits per heavy atom. The summed E-state index contributed by atoms with van der Waals surface area (Å²) in [5, 5.41) is 7.69. The van der Waals surface area contributed by atoms with E-state index in [1.807, 2.05) is 4.90 Å². The first-order valence-electron chi connectivity index (χ1n) is 9.60. The van der Waals surface area contributed by atoms with Crippen molar-refractivity contribution < 1.29 is 9.32 Å². The van der Waals surface area contributed by atoms with E-state index in [1.165, 1.54) is 32.1 Å². The first kappa shape index (κ1) is 17.4. The van der Waals surface area contributed by atoms with Crippen molar-refractivity contribution in [1.29, 1.82) is 0 Å². The van der Waals surface area contributed by atoms with Crippen molar-refractivity contribution in [3.05, 3.63) is 11.7 Å². The molecule has 6 heteroatoms. The highest BCUT2D eigenvalue weighted by Crippen LogP contribution is 2.30. The summed E-state index contributed by atoms with van der Waals surface area (Å²) in [7, 11) is 0. The van der Waals surface area contributed by atoms with E-state index in [0.29, 0.717) is 36.7 Å². The second kappa shape index (κ2) is 8.60. The molecule has 1 aromatic heterocycles. The zero-order valence-electron chi connectivity index (χ0n) is 14.8. The van der Waals surface area contributed by atoms with Gasteiger partial charge in [0.05, 0.1) is 6.54 Å². The molecule has 2 fully saturated rings. The van der Waals surface area contributed by atoms with E-state index >= 15 is 0 Å². The maximum absolute atomic E-state index is 11.9. The fraction of sp³-hybridized carbons (Fsp3) is 0.833. The van der Waals surface area contributed by atoms with Gasteiger partial charge < -0.3 is 14.7 Å². The average Bonchev–Trinajstić information content (AvgIpc) is 3.10. The Labute approximate surface area is 144 Å². The highest BCUT2D eigenvalue weighted by atomic mass is 16.5. The molecule has 0 spiro atoms. The zero-order valence-corrected chi connectivity index (χ0v) is 14.8. The van der Waals surface area contributed by atoms with E-state index in [4.69, 9.17) is 4.52 Å². The molecule has 1 amide bonds. The summed E-state index contributed by atoms with van der Waals surface area (Å²) in [5.74, 6) is 2.38. The molecule has 0 bridgehead atoms. The number of likely N-dealkylation sites (tertiary alicyclic amines) is 1. The molecule has 1 saturated carbocycles. The number of hydrogen-bond donors (Lipinski definition) is 1. The normalized spacial score (nSPS) is 20.5. The number of rotatable bonds is 6. The fourth-order valence-electron chi connectivity index (χ4n) is 3.80. The van der Waals surface area contributed by atoms with Gasteiger partial charge in [0, 0.05) is 31.5 Å². The predicted molar refractivity (Wildman–Crippen MR) is 91.5 cm³/mol. The summed E-state index contributed by atoms with van der Waals surface area (Å²) < 4.78 is 5.41. The maximum atomic E-state index is 11.9. The Kier molecular flexibility index (Phi) is 6.24. The van der Waals surface area contributed by atoms with Gasteiger partial charge in [0.25, 0.3) is 0 Å². The Bertz CT molecular complexity index is 517. The minimum Gasteiger partial charge on any atom is -0.343 e. The topological polar surface area (TPSA) is 71.3 Å². The number of piperidine rings is 1. The van der Waals surface area contributed by atoms with Gasteiger partial charge in [-0.1, -0.05) is 31.3 Å². The lowest BCUT2D eigenvalue weighted by atomic mass is 9.89. The Balaban J connectivity index is 1.40. The third-order valence-electron chi connectivity index (χ3n) is 5.31. The van der Waals surface area contributed by atoms with E-state index in [-0.39, 0.29) is 0 Å². The van der Waals surface area contributed by atoms with Gasteiger partial charge in [-0.3, -0.25) is 4.79 Å². The first-order valence-corrected chi connectivity index (χ1v) is 9.60. The highest BCUT2D eigenvalue weighted by Gasteiger charge is 2.23. The highest BCUT2D eigenvalue weighted by molar-refractivity contribution is 5.76. The van der Waals surface area contributed by atoms with E-state index in [0.717, 1.165) is 38.2 Å². The molecule has 1 saturated heterocycles. The van der Waals surface area contributed by atoms with Crippen molar-refractivity contribution in [2.45, 2.75) is 83.2 Å². The molecule has 1 N–H and O–H groups in total. The van der Waals surface area contributed by atoms with Gasteiger partial charge in [0.15, 0.2) is 5.82 Å². The maximum Gasteiger partial charge on any atom is 0.240 e. The van der Waals surface area contributed by atoms with E-state index in [1.54, 1.807) is 0 Å². The Hall–Kier alpha value is -1.43. The molecular weight excluding hydrogens is 304 g/mol. The van der Waals surface area contributed by atoms with Crippen molar-refractivity contribution in [3.8, 4) is 0 Å². The van der Waals surface area contributed by atoms with Gasteiger partial charge in [0.1, 0.15) is 0 Å². The third kappa shape index (κ3) is 4.56. The minimum absolute atomic E-state index is 0.296.